The maximum atomic E-state index is 11.0. The van der Waals surface area contributed by atoms with Crippen molar-refractivity contribution in [3.63, 3.8) is 0 Å². The van der Waals surface area contributed by atoms with Crippen LogP contribution in [0.4, 0.5) is 0 Å². The molecular formula is C13H17NO3. The first kappa shape index (κ1) is 11.9. The Bertz CT molecular complexity index is 454. The van der Waals surface area contributed by atoms with Crippen LogP contribution in [0.25, 0.3) is 0 Å². The third kappa shape index (κ3) is 2.26. The first-order valence-corrected chi connectivity index (χ1v) is 5.70. The van der Waals surface area contributed by atoms with Gasteiger partial charge in [-0.25, -0.2) is 0 Å². The summed E-state index contributed by atoms with van der Waals surface area (Å²) in [6, 6.07) is 4.49. The van der Waals surface area contributed by atoms with E-state index in [0.29, 0.717) is 11.3 Å². The lowest BCUT2D eigenvalue weighted by molar-refractivity contribution is -0.138. The van der Waals surface area contributed by atoms with Crippen LogP contribution in [0.1, 0.15) is 37.4 Å². The van der Waals surface area contributed by atoms with E-state index in [1.165, 1.54) is 0 Å². The van der Waals surface area contributed by atoms with Gasteiger partial charge in [-0.15, -0.1) is 0 Å². The third-order valence-corrected chi connectivity index (χ3v) is 3.10. The van der Waals surface area contributed by atoms with Crippen molar-refractivity contribution in [2.75, 3.05) is 0 Å². The summed E-state index contributed by atoms with van der Waals surface area (Å²) in [4.78, 5) is 11.0. The van der Waals surface area contributed by atoms with Gasteiger partial charge in [-0.1, -0.05) is 18.2 Å². The lowest BCUT2D eigenvalue weighted by atomic mass is 9.91. The Labute approximate surface area is 100 Å². The molecule has 4 nitrogen and oxygen atoms in total. The Balaban J connectivity index is 2.46. The minimum absolute atomic E-state index is 0.263. The topological polar surface area (TPSA) is 72.6 Å². The van der Waals surface area contributed by atoms with Crippen molar-refractivity contribution >= 4 is 5.97 Å². The normalized spacial score (nSPS) is 19.0. The molecular weight excluding hydrogens is 218 g/mol. The zero-order chi connectivity index (χ0) is 12.6. The molecule has 0 bridgehead atoms. The Morgan fingerprint density at radius 2 is 2.24 bits per heavy atom. The summed E-state index contributed by atoms with van der Waals surface area (Å²) < 4.78 is 5.88. The molecule has 0 aliphatic carbocycles. The molecule has 3 N–H and O–H groups in total. The summed E-state index contributed by atoms with van der Waals surface area (Å²) in [5.74, 6) is -0.385. The maximum Gasteiger partial charge on any atom is 0.325 e. The van der Waals surface area contributed by atoms with Crippen molar-refractivity contribution in [2.24, 2.45) is 5.73 Å². The molecule has 0 radical (unpaired) electrons. The molecule has 17 heavy (non-hydrogen) atoms. The van der Waals surface area contributed by atoms with Gasteiger partial charge in [0, 0.05) is 5.56 Å². The molecule has 0 spiro atoms. The van der Waals surface area contributed by atoms with Crippen molar-refractivity contribution in [1.82, 2.24) is 0 Å². The zero-order valence-corrected chi connectivity index (χ0v) is 10.1. The molecule has 92 valence electrons. The number of aliphatic carboxylic acids is 1. The smallest absolute Gasteiger partial charge is 0.325 e. The number of para-hydroxylation sites is 1. The van der Waals surface area contributed by atoms with E-state index in [-0.39, 0.29) is 5.60 Å². The fourth-order valence-electron chi connectivity index (χ4n) is 2.07. The monoisotopic (exact) mass is 235 g/mol. The lowest BCUT2D eigenvalue weighted by Crippen LogP contribution is -2.34. The van der Waals surface area contributed by atoms with Crippen molar-refractivity contribution < 1.29 is 14.6 Å². The lowest BCUT2D eigenvalue weighted by Gasteiger charge is -2.34. The number of hydrogen-bond acceptors (Lipinski definition) is 3. The van der Waals surface area contributed by atoms with Crippen molar-refractivity contribution in [2.45, 2.75) is 38.3 Å². The number of fused-ring (bicyclic) bond motifs is 1. The van der Waals surface area contributed by atoms with E-state index in [2.05, 4.69) is 0 Å². The number of hydrogen-bond donors (Lipinski definition) is 2. The Hall–Kier alpha value is -1.55. The summed E-state index contributed by atoms with van der Waals surface area (Å²) >= 11 is 0. The van der Waals surface area contributed by atoms with Crippen LogP contribution in [0.3, 0.4) is 0 Å². The highest BCUT2D eigenvalue weighted by molar-refractivity contribution is 5.76. The van der Waals surface area contributed by atoms with Gasteiger partial charge >= 0.3 is 5.97 Å². The van der Waals surface area contributed by atoms with Crippen LogP contribution in [0, 0.1) is 0 Å². The van der Waals surface area contributed by atoms with E-state index in [0.717, 1.165) is 18.4 Å². The van der Waals surface area contributed by atoms with Gasteiger partial charge in [0.15, 0.2) is 0 Å². The van der Waals surface area contributed by atoms with E-state index >= 15 is 0 Å². The van der Waals surface area contributed by atoms with Gasteiger partial charge in [0.2, 0.25) is 0 Å². The van der Waals surface area contributed by atoms with E-state index < -0.39 is 12.0 Å². The van der Waals surface area contributed by atoms with Crippen LogP contribution in [0.5, 0.6) is 5.75 Å². The molecule has 1 atom stereocenters. The van der Waals surface area contributed by atoms with Crippen LogP contribution < -0.4 is 10.5 Å². The predicted molar refractivity (Wildman–Crippen MR) is 64.0 cm³/mol. The van der Waals surface area contributed by atoms with Gasteiger partial charge in [-0.2, -0.15) is 0 Å². The molecule has 1 heterocycles. The fraction of sp³-hybridized carbons (Fsp3) is 0.462. The van der Waals surface area contributed by atoms with Gasteiger partial charge in [-0.05, 0) is 32.3 Å². The molecule has 0 saturated carbocycles. The Morgan fingerprint density at radius 1 is 1.53 bits per heavy atom. The summed E-state index contributed by atoms with van der Waals surface area (Å²) in [7, 11) is 0. The maximum absolute atomic E-state index is 11.0. The number of carboxylic acid groups (broad SMARTS) is 1. The van der Waals surface area contributed by atoms with Gasteiger partial charge in [0.25, 0.3) is 0 Å². The number of carboxylic acids is 1. The van der Waals surface area contributed by atoms with Crippen molar-refractivity contribution in [3.05, 3.63) is 29.3 Å². The second kappa shape index (κ2) is 4.04. The van der Waals surface area contributed by atoms with Crippen LogP contribution in [-0.2, 0) is 11.2 Å². The summed E-state index contributed by atoms with van der Waals surface area (Å²) in [6.45, 7) is 4.00. The Morgan fingerprint density at radius 3 is 2.88 bits per heavy atom. The molecule has 2 rings (SSSR count). The van der Waals surface area contributed by atoms with Gasteiger partial charge in [0.1, 0.15) is 17.4 Å². The molecule has 1 unspecified atom stereocenters. The number of carbonyl (C=O) groups is 1. The zero-order valence-electron chi connectivity index (χ0n) is 10.1. The molecule has 0 saturated heterocycles. The number of rotatable bonds is 2. The first-order chi connectivity index (χ1) is 7.91. The van der Waals surface area contributed by atoms with E-state index in [4.69, 9.17) is 15.6 Å². The largest absolute Gasteiger partial charge is 0.487 e. The van der Waals surface area contributed by atoms with Gasteiger partial charge in [0.05, 0.1) is 0 Å². The molecule has 1 aliphatic rings. The van der Waals surface area contributed by atoms with Gasteiger partial charge in [-0.3, -0.25) is 4.79 Å². The SMILES string of the molecule is CC1(C)CCc2cccc(C(N)C(=O)O)c2O1. The van der Waals surface area contributed by atoms with Gasteiger partial charge < -0.3 is 15.6 Å². The average Bonchev–Trinajstić information content (AvgIpc) is 2.26. The highest BCUT2D eigenvalue weighted by Crippen LogP contribution is 2.37. The quantitative estimate of drug-likeness (QED) is 0.820. The van der Waals surface area contributed by atoms with Crippen molar-refractivity contribution in [3.8, 4) is 5.75 Å². The molecule has 4 heteroatoms. The summed E-state index contributed by atoms with van der Waals surface area (Å²) in [5, 5.41) is 8.99. The van der Waals surface area contributed by atoms with E-state index in [1.807, 2.05) is 26.0 Å². The number of benzene rings is 1. The predicted octanol–water partition coefficient (Wildman–Crippen LogP) is 1.87. The highest BCUT2D eigenvalue weighted by Gasteiger charge is 2.30. The first-order valence-electron chi connectivity index (χ1n) is 5.70. The molecule has 0 fully saturated rings. The Kier molecular flexibility index (Phi) is 2.83. The fourth-order valence-corrected chi connectivity index (χ4v) is 2.07. The molecule has 1 aliphatic heterocycles. The summed E-state index contributed by atoms with van der Waals surface area (Å²) in [6.07, 6.45) is 1.81. The molecule has 0 amide bonds. The summed E-state index contributed by atoms with van der Waals surface area (Å²) in [5.41, 5.74) is 7.01. The molecule has 1 aromatic carbocycles. The minimum Gasteiger partial charge on any atom is -0.487 e. The van der Waals surface area contributed by atoms with Crippen LogP contribution in [0.15, 0.2) is 18.2 Å². The number of nitrogens with two attached hydrogens (primary N) is 1. The van der Waals surface area contributed by atoms with Crippen molar-refractivity contribution in [1.29, 1.82) is 0 Å². The highest BCUT2D eigenvalue weighted by atomic mass is 16.5. The third-order valence-electron chi connectivity index (χ3n) is 3.10. The average molecular weight is 235 g/mol. The number of ether oxygens (including phenoxy) is 1. The molecule has 0 aromatic heterocycles. The second-order valence-corrected chi connectivity index (χ2v) is 5.01. The second-order valence-electron chi connectivity index (χ2n) is 5.01. The van der Waals surface area contributed by atoms with E-state index in [9.17, 15) is 4.79 Å². The molecule has 1 aromatic rings. The number of aryl methyl sites for hydroxylation is 1. The van der Waals surface area contributed by atoms with E-state index in [1.54, 1.807) is 6.07 Å². The van der Waals surface area contributed by atoms with Crippen LogP contribution in [0.2, 0.25) is 0 Å². The minimum atomic E-state index is -1.04. The van der Waals surface area contributed by atoms with Crippen LogP contribution in [-0.4, -0.2) is 16.7 Å². The van der Waals surface area contributed by atoms with Crippen LogP contribution >= 0.6 is 0 Å². The standard InChI is InChI=1S/C13H17NO3/c1-13(2)7-6-8-4-3-5-9(11(8)17-13)10(14)12(15)16/h3-5,10H,6-7,14H2,1-2H3,(H,15,16).